The normalized spacial score (nSPS) is 21.7. The van der Waals surface area contributed by atoms with Gasteiger partial charge in [0.05, 0.1) is 0 Å². The highest BCUT2D eigenvalue weighted by Gasteiger charge is 2.17. The quantitative estimate of drug-likeness (QED) is 0.706. The average Bonchev–Trinajstić information content (AvgIpc) is 2.62. The second-order valence-corrected chi connectivity index (χ2v) is 5.03. The molecule has 1 aliphatic heterocycles. The van der Waals surface area contributed by atoms with E-state index in [1.54, 1.807) is 0 Å². The van der Waals surface area contributed by atoms with Crippen LogP contribution in [0.1, 0.15) is 33.1 Å². The maximum atomic E-state index is 11.4. The number of carbonyl (C=O) groups is 1. The van der Waals surface area contributed by atoms with Crippen molar-refractivity contribution in [2.24, 2.45) is 11.7 Å². The molecule has 3 N–H and O–H groups in total. The van der Waals surface area contributed by atoms with E-state index >= 15 is 0 Å². The molecular weight excluding hydrogens is 192 g/mol. The van der Waals surface area contributed by atoms with Crippen LogP contribution in [0.2, 0.25) is 0 Å². The van der Waals surface area contributed by atoms with Crippen molar-refractivity contribution in [2.45, 2.75) is 38.6 Å². The number of amides is 1. The number of nitrogens with one attached hydrogen (secondary N) is 1. The van der Waals surface area contributed by atoms with Crippen LogP contribution in [0.25, 0.3) is 0 Å². The molecule has 1 aliphatic rings. The lowest BCUT2D eigenvalue weighted by Gasteiger charge is -2.19. The van der Waals surface area contributed by atoms with Gasteiger partial charge in [0, 0.05) is 31.7 Å². The molecule has 0 spiro atoms. The Morgan fingerprint density at radius 2 is 2.33 bits per heavy atom. The van der Waals surface area contributed by atoms with E-state index in [9.17, 15) is 4.79 Å². The van der Waals surface area contributed by atoms with Gasteiger partial charge in [0.2, 0.25) is 5.91 Å². The monoisotopic (exact) mass is 214 g/mol. The molecule has 1 saturated heterocycles. The van der Waals surface area contributed by atoms with Gasteiger partial charge in [-0.25, -0.2) is 0 Å². The zero-order valence-electron chi connectivity index (χ0n) is 9.71. The van der Waals surface area contributed by atoms with E-state index in [-0.39, 0.29) is 11.4 Å². The van der Waals surface area contributed by atoms with Gasteiger partial charge in [0.25, 0.3) is 0 Å². The Hall–Kier alpha value is -0.610. The summed E-state index contributed by atoms with van der Waals surface area (Å²) >= 11 is 0. The third kappa shape index (κ3) is 5.74. The summed E-state index contributed by atoms with van der Waals surface area (Å²) in [5.74, 6) is 0.669. The second-order valence-electron chi connectivity index (χ2n) is 5.03. The lowest BCUT2D eigenvalue weighted by atomic mass is 10.0. The first-order valence-electron chi connectivity index (χ1n) is 5.61. The zero-order valence-corrected chi connectivity index (χ0v) is 9.71. The summed E-state index contributed by atoms with van der Waals surface area (Å²) in [5.41, 5.74) is 5.44. The predicted octanol–water partition coefficient (Wildman–Crippen LogP) is 0.657. The molecule has 1 rings (SSSR count). The van der Waals surface area contributed by atoms with Crippen LogP contribution < -0.4 is 11.1 Å². The highest BCUT2D eigenvalue weighted by atomic mass is 16.5. The topological polar surface area (TPSA) is 64.3 Å². The van der Waals surface area contributed by atoms with Crippen molar-refractivity contribution in [1.82, 2.24) is 5.32 Å². The van der Waals surface area contributed by atoms with Crippen molar-refractivity contribution in [3.05, 3.63) is 0 Å². The third-order valence-corrected chi connectivity index (χ3v) is 2.54. The molecule has 0 aliphatic carbocycles. The predicted molar refractivity (Wildman–Crippen MR) is 59.4 cm³/mol. The summed E-state index contributed by atoms with van der Waals surface area (Å²) in [7, 11) is 0. The van der Waals surface area contributed by atoms with Crippen LogP contribution in [-0.2, 0) is 9.53 Å². The van der Waals surface area contributed by atoms with Gasteiger partial charge in [-0.3, -0.25) is 4.79 Å². The minimum atomic E-state index is -0.327. The molecule has 4 heteroatoms. The van der Waals surface area contributed by atoms with Crippen molar-refractivity contribution >= 4 is 5.91 Å². The number of ether oxygens (including phenoxy) is 1. The first kappa shape index (κ1) is 12.5. The lowest BCUT2D eigenvalue weighted by molar-refractivity contribution is -0.121. The van der Waals surface area contributed by atoms with E-state index in [2.05, 4.69) is 5.32 Å². The Labute approximate surface area is 91.5 Å². The second kappa shape index (κ2) is 5.47. The molecule has 1 unspecified atom stereocenters. The largest absolute Gasteiger partial charge is 0.381 e. The van der Waals surface area contributed by atoms with Crippen molar-refractivity contribution in [3.8, 4) is 0 Å². The highest BCUT2D eigenvalue weighted by molar-refractivity contribution is 5.75. The van der Waals surface area contributed by atoms with Gasteiger partial charge in [0.1, 0.15) is 0 Å². The van der Waals surface area contributed by atoms with E-state index in [4.69, 9.17) is 10.5 Å². The fraction of sp³-hybridized carbons (Fsp3) is 0.909. The molecule has 1 heterocycles. The van der Waals surface area contributed by atoms with Crippen molar-refractivity contribution in [2.75, 3.05) is 19.8 Å². The van der Waals surface area contributed by atoms with Crippen LogP contribution in [0.5, 0.6) is 0 Å². The van der Waals surface area contributed by atoms with E-state index in [1.165, 1.54) is 0 Å². The van der Waals surface area contributed by atoms with Gasteiger partial charge in [-0.05, 0) is 32.6 Å². The molecule has 0 aromatic rings. The molecule has 1 fully saturated rings. The first-order chi connectivity index (χ1) is 6.97. The van der Waals surface area contributed by atoms with Crippen LogP contribution in [0.3, 0.4) is 0 Å². The maximum Gasteiger partial charge on any atom is 0.220 e. The molecule has 0 aromatic heterocycles. The summed E-state index contributed by atoms with van der Waals surface area (Å²) in [4.78, 5) is 11.4. The molecule has 1 atom stereocenters. The van der Waals surface area contributed by atoms with Crippen LogP contribution in [-0.4, -0.2) is 31.2 Å². The summed E-state index contributed by atoms with van der Waals surface area (Å²) in [6, 6.07) is 0. The van der Waals surface area contributed by atoms with Gasteiger partial charge in [-0.2, -0.15) is 0 Å². The van der Waals surface area contributed by atoms with Crippen molar-refractivity contribution in [3.63, 3.8) is 0 Å². The van der Waals surface area contributed by atoms with Gasteiger partial charge in [-0.1, -0.05) is 0 Å². The number of hydrogen-bond donors (Lipinski definition) is 2. The number of rotatable bonds is 5. The van der Waals surface area contributed by atoms with E-state index in [0.717, 1.165) is 26.1 Å². The van der Waals surface area contributed by atoms with E-state index < -0.39 is 0 Å². The smallest absolute Gasteiger partial charge is 0.220 e. The Morgan fingerprint density at radius 1 is 1.60 bits per heavy atom. The summed E-state index contributed by atoms with van der Waals surface area (Å²) in [6.07, 6.45) is 2.61. The molecule has 15 heavy (non-hydrogen) atoms. The van der Waals surface area contributed by atoms with Crippen LogP contribution in [0.4, 0.5) is 0 Å². The summed E-state index contributed by atoms with van der Waals surface area (Å²) < 4.78 is 5.25. The van der Waals surface area contributed by atoms with Gasteiger partial charge in [0.15, 0.2) is 0 Å². The average molecular weight is 214 g/mol. The van der Waals surface area contributed by atoms with Gasteiger partial charge >= 0.3 is 0 Å². The summed E-state index contributed by atoms with van der Waals surface area (Å²) in [5, 5.41) is 2.84. The Bertz CT molecular complexity index is 205. The zero-order chi connectivity index (χ0) is 11.3. The van der Waals surface area contributed by atoms with Crippen molar-refractivity contribution in [1.29, 1.82) is 0 Å². The maximum absolute atomic E-state index is 11.4. The Kier molecular flexibility index (Phi) is 4.54. The van der Waals surface area contributed by atoms with E-state index in [1.807, 2.05) is 13.8 Å². The molecule has 0 radical (unpaired) electrons. The van der Waals surface area contributed by atoms with Gasteiger partial charge in [-0.15, -0.1) is 0 Å². The van der Waals surface area contributed by atoms with Crippen LogP contribution in [0, 0.1) is 5.92 Å². The third-order valence-electron chi connectivity index (χ3n) is 2.54. The molecular formula is C11H22N2O2. The number of hydrogen-bond acceptors (Lipinski definition) is 3. The Morgan fingerprint density at radius 3 is 2.87 bits per heavy atom. The fourth-order valence-corrected chi connectivity index (χ4v) is 1.56. The van der Waals surface area contributed by atoms with Crippen LogP contribution in [0.15, 0.2) is 0 Å². The van der Waals surface area contributed by atoms with Gasteiger partial charge < -0.3 is 15.8 Å². The molecule has 0 bridgehead atoms. The Balaban J connectivity index is 2.08. The highest BCUT2D eigenvalue weighted by Crippen LogP contribution is 2.17. The minimum absolute atomic E-state index is 0.0976. The minimum Gasteiger partial charge on any atom is -0.381 e. The molecule has 4 nitrogen and oxygen atoms in total. The molecule has 88 valence electrons. The molecule has 1 amide bonds. The first-order valence-corrected chi connectivity index (χ1v) is 5.61. The lowest BCUT2D eigenvalue weighted by Crippen LogP contribution is -2.45. The van der Waals surface area contributed by atoms with E-state index in [0.29, 0.717) is 18.9 Å². The van der Waals surface area contributed by atoms with Crippen molar-refractivity contribution < 1.29 is 9.53 Å². The number of nitrogens with two attached hydrogens (primary N) is 1. The summed E-state index contributed by atoms with van der Waals surface area (Å²) in [6.45, 7) is 6.00. The molecule has 0 aromatic carbocycles. The molecule has 0 saturated carbocycles. The van der Waals surface area contributed by atoms with Crippen LogP contribution >= 0.6 is 0 Å². The number of carbonyl (C=O) groups excluding carboxylic acids is 1. The SMILES string of the molecule is CC(C)(N)CNC(=O)CCC1CCOC1. The standard InChI is InChI=1S/C11H22N2O2/c1-11(2,12)8-13-10(14)4-3-9-5-6-15-7-9/h9H,3-8,12H2,1-2H3,(H,13,14). The fourth-order valence-electron chi connectivity index (χ4n) is 1.56.